The van der Waals surface area contributed by atoms with Gasteiger partial charge < -0.3 is 0 Å². The molecule has 0 bridgehead atoms. The van der Waals surface area contributed by atoms with E-state index in [0.29, 0.717) is 0 Å². The number of hydrogen-bond donors (Lipinski definition) is 0. The Morgan fingerprint density at radius 1 is 0.643 bits per heavy atom. The fourth-order valence-corrected chi connectivity index (χ4v) is 6.53. The molecule has 2 atom stereocenters. The van der Waals surface area contributed by atoms with Gasteiger partial charge >= 0.3 is 0 Å². The van der Waals surface area contributed by atoms with Crippen LogP contribution in [0.25, 0.3) is 0 Å². The molecule has 0 amide bonds. The quantitative estimate of drug-likeness (QED) is 0.311. The lowest BCUT2D eigenvalue weighted by molar-refractivity contribution is 0.244. The van der Waals surface area contributed by atoms with Crippen molar-refractivity contribution in [3.8, 4) is 0 Å². The molecule has 0 aromatic rings. The molecule has 4 aliphatic rings. The van der Waals surface area contributed by atoms with E-state index in [1.54, 1.807) is 0 Å². The molecule has 2 heteroatoms. The third-order valence-electron chi connectivity index (χ3n) is 7.26. The Labute approximate surface area is 187 Å². The molecule has 0 spiro atoms. The molecule has 0 radical (unpaired) electrons. The molecule has 0 aromatic carbocycles. The third-order valence-corrected chi connectivity index (χ3v) is 8.58. The van der Waals surface area contributed by atoms with Gasteiger partial charge in [0.05, 0.1) is 0 Å². The summed E-state index contributed by atoms with van der Waals surface area (Å²) in [6, 6.07) is 0. The van der Waals surface area contributed by atoms with Gasteiger partial charge in [0.25, 0.3) is 0 Å². The predicted octanol–water partition coefficient (Wildman–Crippen LogP) is 8.71. The summed E-state index contributed by atoms with van der Waals surface area (Å²) in [5, 5.41) is 0. The number of rotatable bonds is 0. The van der Waals surface area contributed by atoms with Gasteiger partial charge in [-0.3, -0.25) is 0 Å². The minimum atomic E-state index is -0.0896. The van der Waals surface area contributed by atoms with E-state index in [0.717, 1.165) is 0 Å². The molecule has 0 aromatic heterocycles. The van der Waals surface area contributed by atoms with Crippen molar-refractivity contribution < 1.29 is 0 Å². The first-order valence-corrected chi connectivity index (χ1v) is 11.7. The van der Waals surface area contributed by atoms with Crippen LogP contribution in [-0.2, 0) is 0 Å². The van der Waals surface area contributed by atoms with Gasteiger partial charge in [0.15, 0.2) is 0 Å². The SMILES string of the molecule is CC(C)(C)C1=CC2=CC(Br)=C3C=C(C(C)(C)C)C=C4C=C(Br)C(=C1)C2(C)C43C. The lowest BCUT2D eigenvalue weighted by atomic mass is 9.45. The van der Waals surface area contributed by atoms with Crippen LogP contribution >= 0.6 is 31.9 Å². The van der Waals surface area contributed by atoms with E-state index in [-0.39, 0.29) is 21.7 Å². The van der Waals surface area contributed by atoms with Gasteiger partial charge in [-0.05, 0) is 56.4 Å². The molecule has 2 unspecified atom stereocenters. The highest BCUT2D eigenvalue weighted by Crippen LogP contribution is 2.69. The fraction of sp³-hybridized carbons (Fsp3) is 0.462. The second-order valence-electron chi connectivity index (χ2n) is 11.0. The number of allylic oxidation sites excluding steroid dienone is 14. The number of hydrogen-bond acceptors (Lipinski definition) is 0. The van der Waals surface area contributed by atoms with Gasteiger partial charge in [-0.25, -0.2) is 0 Å². The maximum Gasteiger partial charge on any atom is 0.0321 e. The highest BCUT2D eigenvalue weighted by atomic mass is 79.9. The second kappa shape index (κ2) is 5.85. The molecule has 0 N–H and O–H groups in total. The Balaban J connectivity index is 2.10. The van der Waals surface area contributed by atoms with E-state index in [1.165, 1.54) is 42.4 Å². The first kappa shape index (κ1) is 20.4. The molecule has 28 heavy (non-hydrogen) atoms. The highest BCUT2D eigenvalue weighted by Gasteiger charge is 2.59. The Morgan fingerprint density at radius 2 is 1.18 bits per heavy atom. The lowest BCUT2D eigenvalue weighted by Gasteiger charge is -2.58. The zero-order chi connectivity index (χ0) is 20.9. The smallest absolute Gasteiger partial charge is 0.0321 e. The van der Waals surface area contributed by atoms with Crippen molar-refractivity contribution >= 4 is 31.9 Å². The average Bonchev–Trinajstić information content (AvgIpc) is 2.54. The maximum atomic E-state index is 3.95. The molecule has 0 saturated carbocycles. The molecule has 4 rings (SSSR count). The number of halogens is 2. The summed E-state index contributed by atoms with van der Waals surface area (Å²) in [5.41, 5.74) is 8.42. The molecule has 0 fully saturated rings. The first-order valence-electron chi connectivity index (χ1n) is 10.1. The normalized spacial score (nSPS) is 31.9. The largest absolute Gasteiger partial charge is 0.0561 e. The topological polar surface area (TPSA) is 0 Å². The summed E-state index contributed by atoms with van der Waals surface area (Å²) in [5.74, 6) is 0. The van der Waals surface area contributed by atoms with Crippen LogP contribution in [0.4, 0.5) is 0 Å². The maximum absolute atomic E-state index is 3.95. The molecule has 0 nitrogen and oxygen atoms in total. The first-order chi connectivity index (χ1) is 12.7. The molecular weight excluding hydrogens is 472 g/mol. The fourth-order valence-electron chi connectivity index (χ4n) is 5.02. The van der Waals surface area contributed by atoms with Crippen LogP contribution in [-0.4, -0.2) is 0 Å². The Morgan fingerprint density at radius 3 is 1.75 bits per heavy atom. The minimum Gasteiger partial charge on any atom is -0.0561 e. The standard InChI is InChI=1S/C26H30Br2/c1-23(2,3)15-9-17-13-22(28)20-12-16(24(4,5)6)10-18-14-21(27)19(11-15)25(17,7)26(18,20)8/h9-14H,1-8H3. The van der Waals surface area contributed by atoms with Crippen molar-refractivity contribution in [2.75, 3.05) is 0 Å². The van der Waals surface area contributed by atoms with Crippen LogP contribution in [0.1, 0.15) is 55.4 Å². The van der Waals surface area contributed by atoms with Crippen molar-refractivity contribution in [2.45, 2.75) is 55.4 Å². The molecule has 0 heterocycles. The van der Waals surface area contributed by atoms with Gasteiger partial charge in [-0.1, -0.05) is 112 Å². The van der Waals surface area contributed by atoms with Crippen molar-refractivity contribution in [3.63, 3.8) is 0 Å². The summed E-state index contributed by atoms with van der Waals surface area (Å²) >= 11 is 7.91. The van der Waals surface area contributed by atoms with Crippen molar-refractivity contribution in [2.24, 2.45) is 21.7 Å². The van der Waals surface area contributed by atoms with Gasteiger partial charge in [0.1, 0.15) is 0 Å². The second-order valence-corrected chi connectivity index (χ2v) is 12.7. The zero-order valence-corrected chi connectivity index (χ0v) is 21.4. The summed E-state index contributed by atoms with van der Waals surface area (Å²) in [7, 11) is 0. The summed E-state index contributed by atoms with van der Waals surface area (Å²) in [4.78, 5) is 0. The lowest BCUT2D eigenvalue weighted by Crippen LogP contribution is -2.49. The van der Waals surface area contributed by atoms with Gasteiger partial charge in [-0.15, -0.1) is 0 Å². The Hall–Kier alpha value is -0.860. The monoisotopic (exact) mass is 500 g/mol. The van der Waals surface area contributed by atoms with Gasteiger partial charge in [-0.2, -0.15) is 0 Å². The van der Waals surface area contributed by atoms with E-state index >= 15 is 0 Å². The van der Waals surface area contributed by atoms with Crippen molar-refractivity contribution in [3.05, 3.63) is 78.9 Å². The molecule has 0 saturated heterocycles. The van der Waals surface area contributed by atoms with E-state index in [4.69, 9.17) is 0 Å². The van der Waals surface area contributed by atoms with Crippen LogP contribution in [0.3, 0.4) is 0 Å². The van der Waals surface area contributed by atoms with E-state index in [9.17, 15) is 0 Å². The minimum absolute atomic E-state index is 0.0896. The molecule has 0 aliphatic heterocycles. The van der Waals surface area contributed by atoms with E-state index in [2.05, 4.69) is 124 Å². The molecule has 148 valence electrons. The Bertz CT molecular complexity index is 1010. The van der Waals surface area contributed by atoms with E-state index in [1.807, 2.05) is 0 Å². The van der Waals surface area contributed by atoms with Gasteiger partial charge in [0, 0.05) is 19.8 Å². The van der Waals surface area contributed by atoms with Crippen LogP contribution < -0.4 is 0 Å². The summed E-state index contributed by atoms with van der Waals surface area (Å²) in [6.45, 7) is 18.6. The van der Waals surface area contributed by atoms with E-state index < -0.39 is 0 Å². The summed E-state index contributed by atoms with van der Waals surface area (Å²) in [6.07, 6.45) is 14.4. The Kier molecular flexibility index (Phi) is 4.27. The molecule has 4 aliphatic carbocycles. The average molecular weight is 502 g/mol. The third kappa shape index (κ3) is 2.53. The zero-order valence-electron chi connectivity index (χ0n) is 18.2. The van der Waals surface area contributed by atoms with Gasteiger partial charge in [0.2, 0.25) is 0 Å². The van der Waals surface area contributed by atoms with Crippen LogP contribution in [0.15, 0.2) is 78.9 Å². The highest BCUT2D eigenvalue weighted by molar-refractivity contribution is 9.12. The summed E-state index contributed by atoms with van der Waals surface area (Å²) < 4.78 is 2.43. The van der Waals surface area contributed by atoms with Crippen LogP contribution in [0.5, 0.6) is 0 Å². The molecular formula is C26H30Br2. The predicted molar refractivity (Wildman–Crippen MR) is 129 cm³/mol. The van der Waals surface area contributed by atoms with Crippen molar-refractivity contribution in [1.82, 2.24) is 0 Å². The van der Waals surface area contributed by atoms with Crippen LogP contribution in [0, 0.1) is 21.7 Å². The van der Waals surface area contributed by atoms with Crippen molar-refractivity contribution in [1.29, 1.82) is 0 Å². The van der Waals surface area contributed by atoms with Crippen LogP contribution in [0.2, 0.25) is 0 Å².